The van der Waals surface area contributed by atoms with Crippen LogP contribution in [0, 0.1) is 17.8 Å². The van der Waals surface area contributed by atoms with Gasteiger partial charge in [0.05, 0.1) is 0 Å². The lowest BCUT2D eigenvalue weighted by Gasteiger charge is -2.30. The van der Waals surface area contributed by atoms with E-state index in [0.717, 1.165) is 17.8 Å². The van der Waals surface area contributed by atoms with Crippen LogP contribution in [0.15, 0.2) is 0 Å². The molecule has 0 heterocycles. The van der Waals surface area contributed by atoms with Crippen molar-refractivity contribution in [3.63, 3.8) is 0 Å². The molecule has 0 bridgehead atoms. The molecule has 2 heteroatoms. The van der Waals surface area contributed by atoms with Gasteiger partial charge in [0, 0.05) is 25.7 Å². The smallest absolute Gasteiger partial charge is 0.00793 e. The van der Waals surface area contributed by atoms with Crippen LogP contribution in [0.3, 0.4) is 0 Å². The van der Waals surface area contributed by atoms with Gasteiger partial charge in [-0.3, -0.25) is 0 Å². The lowest BCUT2D eigenvalue weighted by molar-refractivity contribution is 0.183. The average Bonchev–Trinajstić information content (AvgIpc) is 2.49. The summed E-state index contributed by atoms with van der Waals surface area (Å²) in [6.45, 7) is 12.9. The lowest BCUT2D eigenvalue weighted by Crippen LogP contribution is -2.39. The zero-order valence-corrected chi connectivity index (χ0v) is 11.6. The molecule has 96 valence electrons. The Morgan fingerprint density at radius 1 is 1.06 bits per heavy atom. The Kier molecular flexibility index (Phi) is 5.77. The van der Waals surface area contributed by atoms with Gasteiger partial charge < -0.3 is 10.6 Å². The zero-order valence-electron chi connectivity index (χ0n) is 11.6. The molecule has 2 nitrogen and oxygen atoms in total. The Hall–Kier alpha value is -0.0800. The van der Waals surface area contributed by atoms with Crippen LogP contribution in [0.1, 0.15) is 47.0 Å². The monoisotopic (exact) mass is 226 g/mol. The third-order valence-electron chi connectivity index (χ3n) is 3.46. The highest BCUT2D eigenvalue weighted by molar-refractivity contribution is 4.83. The molecular weight excluding hydrogens is 196 g/mol. The maximum absolute atomic E-state index is 6.16. The van der Waals surface area contributed by atoms with Crippen molar-refractivity contribution in [2.24, 2.45) is 23.5 Å². The first-order valence-electron chi connectivity index (χ1n) is 6.97. The average molecular weight is 226 g/mol. The summed E-state index contributed by atoms with van der Waals surface area (Å²) in [5.74, 6) is 2.27. The highest BCUT2D eigenvalue weighted by Crippen LogP contribution is 2.25. The fourth-order valence-electron chi connectivity index (χ4n) is 2.88. The quantitative estimate of drug-likeness (QED) is 0.754. The summed E-state index contributed by atoms with van der Waals surface area (Å²) in [6, 6.07) is 0.460. The van der Waals surface area contributed by atoms with Gasteiger partial charge in [-0.25, -0.2) is 0 Å². The van der Waals surface area contributed by atoms with E-state index >= 15 is 0 Å². The van der Waals surface area contributed by atoms with Crippen molar-refractivity contribution in [2.75, 3.05) is 19.6 Å². The first-order chi connectivity index (χ1) is 7.49. The van der Waals surface area contributed by atoms with E-state index in [1.54, 1.807) is 0 Å². The molecule has 0 aromatic rings. The van der Waals surface area contributed by atoms with Crippen LogP contribution in [0.25, 0.3) is 0 Å². The summed E-state index contributed by atoms with van der Waals surface area (Å²) < 4.78 is 0. The van der Waals surface area contributed by atoms with Crippen LogP contribution < -0.4 is 5.73 Å². The van der Waals surface area contributed by atoms with Crippen molar-refractivity contribution in [1.82, 2.24) is 4.90 Å². The van der Waals surface area contributed by atoms with Crippen LogP contribution in [-0.2, 0) is 0 Å². The summed E-state index contributed by atoms with van der Waals surface area (Å²) in [5.41, 5.74) is 6.16. The summed E-state index contributed by atoms with van der Waals surface area (Å²) in [5, 5.41) is 0. The van der Waals surface area contributed by atoms with E-state index in [1.807, 2.05) is 0 Å². The van der Waals surface area contributed by atoms with Gasteiger partial charge in [0.25, 0.3) is 0 Å². The lowest BCUT2D eigenvalue weighted by atomic mass is 10.0. The zero-order chi connectivity index (χ0) is 12.1. The van der Waals surface area contributed by atoms with Crippen molar-refractivity contribution in [3.8, 4) is 0 Å². The molecule has 1 aliphatic rings. The summed E-state index contributed by atoms with van der Waals surface area (Å²) >= 11 is 0. The van der Waals surface area contributed by atoms with Gasteiger partial charge in [-0.2, -0.15) is 0 Å². The third-order valence-corrected chi connectivity index (χ3v) is 3.46. The van der Waals surface area contributed by atoms with E-state index in [0.29, 0.717) is 6.04 Å². The van der Waals surface area contributed by atoms with Gasteiger partial charge in [0.15, 0.2) is 0 Å². The minimum Gasteiger partial charge on any atom is -0.327 e. The van der Waals surface area contributed by atoms with Gasteiger partial charge >= 0.3 is 0 Å². The van der Waals surface area contributed by atoms with Crippen molar-refractivity contribution >= 4 is 0 Å². The van der Waals surface area contributed by atoms with E-state index in [4.69, 9.17) is 5.73 Å². The highest BCUT2D eigenvalue weighted by Gasteiger charge is 2.26. The van der Waals surface area contributed by atoms with Crippen molar-refractivity contribution in [3.05, 3.63) is 0 Å². The Morgan fingerprint density at radius 3 is 2.00 bits per heavy atom. The van der Waals surface area contributed by atoms with Gasteiger partial charge in [0.1, 0.15) is 0 Å². The van der Waals surface area contributed by atoms with Crippen LogP contribution in [0.2, 0.25) is 0 Å². The molecule has 16 heavy (non-hydrogen) atoms. The Balaban J connectivity index is 2.41. The molecule has 2 unspecified atom stereocenters. The molecule has 1 rings (SSSR count). The highest BCUT2D eigenvalue weighted by atomic mass is 15.1. The van der Waals surface area contributed by atoms with Crippen molar-refractivity contribution < 1.29 is 0 Å². The minimum atomic E-state index is 0.460. The predicted molar refractivity (Wildman–Crippen MR) is 71.4 cm³/mol. The fourth-order valence-corrected chi connectivity index (χ4v) is 2.88. The van der Waals surface area contributed by atoms with Gasteiger partial charge in [-0.1, -0.05) is 34.1 Å². The van der Waals surface area contributed by atoms with Crippen molar-refractivity contribution in [1.29, 1.82) is 0 Å². The maximum Gasteiger partial charge on any atom is 0.00793 e. The second-order valence-electron chi connectivity index (χ2n) is 6.36. The third kappa shape index (κ3) is 4.84. The van der Waals surface area contributed by atoms with Gasteiger partial charge in [-0.05, 0) is 30.6 Å². The van der Waals surface area contributed by atoms with Gasteiger partial charge in [-0.15, -0.1) is 0 Å². The molecule has 2 atom stereocenters. The fraction of sp³-hybridized carbons (Fsp3) is 1.00. The summed E-state index contributed by atoms with van der Waals surface area (Å²) in [4.78, 5) is 2.63. The first kappa shape index (κ1) is 14.0. The van der Waals surface area contributed by atoms with Crippen LogP contribution in [0.5, 0.6) is 0 Å². The standard InChI is InChI=1S/C14H30N2/c1-11(2)8-16(9-12(3)4)10-13-6-5-7-14(13)15/h11-14H,5-10,15H2,1-4H3. The molecule has 1 aliphatic carbocycles. The Bertz CT molecular complexity index is 179. The number of hydrogen-bond donors (Lipinski definition) is 1. The second kappa shape index (κ2) is 6.61. The van der Waals surface area contributed by atoms with Crippen LogP contribution >= 0.6 is 0 Å². The number of rotatable bonds is 6. The molecule has 0 radical (unpaired) electrons. The molecule has 0 aromatic heterocycles. The predicted octanol–water partition coefficient (Wildman–Crippen LogP) is 2.73. The largest absolute Gasteiger partial charge is 0.327 e. The molecular formula is C14H30N2. The molecule has 0 aliphatic heterocycles. The van der Waals surface area contributed by atoms with E-state index < -0.39 is 0 Å². The van der Waals surface area contributed by atoms with E-state index in [2.05, 4.69) is 32.6 Å². The first-order valence-corrected chi connectivity index (χ1v) is 6.97. The Morgan fingerprint density at radius 2 is 1.62 bits per heavy atom. The molecule has 1 saturated carbocycles. The summed E-state index contributed by atoms with van der Waals surface area (Å²) in [7, 11) is 0. The molecule has 2 N–H and O–H groups in total. The SMILES string of the molecule is CC(C)CN(CC(C)C)CC1CCCC1N. The van der Waals surface area contributed by atoms with E-state index in [-0.39, 0.29) is 0 Å². The maximum atomic E-state index is 6.16. The molecule has 1 fully saturated rings. The number of hydrogen-bond acceptors (Lipinski definition) is 2. The van der Waals surface area contributed by atoms with Gasteiger partial charge in [0.2, 0.25) is 0 Å². The molecule has 0 saturated heterocycles. The Labute approximate surface area is 102 Å². The van der Waals surface area contributed by atoms with E-state index in [1.165, 1.54) is 38.9 Å². The van der Waals surface area contributed by atoms with Crippen LogP contribution in [-0.4, -0.2) is 30.6 Å². The molecule has 0 spiro atoms. The second-order valence-corrected chi connectivity index (χ2v) is 6.36. The van der Waals surface area contributed by atoms with Crippen LogP contribution in [0.4, 0.5) is 0 Å². The normalized spacial score (nSPS) is 26.2. The summed E-state index contributed by atoms with van der Waals surface area (Å²) in [6.07, 6.45) is 3.92. The van der Waals surface area contributed by atoms with E-state index in [9.17, 15) is 0 Å². The van der Waals surface area contributed by atoms with Crippen molar-refractivity contribution in [2.45, 2.75) is 53.0 Å². The minimum absolute atomic E-state index is 0.460. The number of nitrogens with two attached hydrogens (primary N) is 1. The molecule has 0 amide bonds. The number of nitrogens with zero attached hydrogens (tertiary/aromatic N) is 1. The topological polar surface area (TPSA) is 29.3 Å². The molecule has 0 aromatic carbocycles.